The number of Topliss-reactive ketones (excluding diaryl/α,β-unsaturated/α-hetero) is 2. The molecule has 0 saturated heterocycles. The number of aryl methyl sites for hydroxylation is 1. The topological polar surface area (TPSA) is 60.2 Å². The fraction of sp³-hybridized carbons (Fsp3) is 0.263. The monoisotopic (exact) mass is 291 g/mol. The molecule has 0 fully saturated rings. The average Bonchev–Trinajstić information content (AvgIpc) is 2.47. The van der Waals surface area contributed by atoms with Gasteiger partial charge < -0.3 is 5.73 Å². The number of benzene rings is 2. The maximum Gasteiger partial charge on any atom is 0.166 e. The average molecular weight is 291 g/mol. The Morgan fingerprint density at radius 2 is 1.86 bits per heavy atom. The molecule has 2 aliphatic carbocycles. The van der Waals surface area contributed by atoms with Gasteiger partial charge in [0.1, 0.15) is 5.78 Å². The van der Waals surface area contributed by atoms with E-state index in [9.17, 15) is 9.59 Å². The maximum atomic E-state index is 12.8. The van der Waals surface area contributed by atoms with Crippen molar-refractivity contribution in [1.82, 2.24) is 0 Å². The van der Waals surface area contributed by atoms with Crippen LogP contribution in [-0.4, -0.2) is 11.6 Å². The van der Waals surface area contributed by atoms with E-state index in [2.05, 4.69) is 18.2 Å². The van der Waals surface area contributed by atoms with Crippen molar-refractivity contribution in [2.75, 3.05) is 0 Å². The molecular weight excluding hydrogens is 274 g/mol. The number of hydrogen-bond donors (Lipinski definition) is 1. The second-order valence-corrected chi connectivity index (χ2v) is 6.37. The Kier molecular flexibility index (Phi) is 2.59. The Bertz CT molecular complexity index is 901. The van der Waals surface area contributed by atoms with Crippen LogP contribution in [0, 0.1) is 6.92 Å². The zero-order chi connectivity index (χ0) is 15.6. The van der Waals surface area contributed by atoms with E-state index in [1.165, 1.54) is 0 Å². The minimum atomic E-state index is -0.473. The Balaban J connectivity index is 2.19. The van der Waals surface area contributed by atoms with Crippen LogP contribution in [0.2, 0.25) is 0 Å². The van der Waals surface area contributed by atoms with Crippen LogP contribution >= 0.6 is 0 Å². The zero-order valence-electron chi connectivity index (χ0n) is 12.7. The van der Waals surface area contributed by atoms with Crippen LogP contribution in [-0.2, 0) is 22.4 Å². The summed E-state index contributed by atoms with van der Waals surface area (Å²) in [5.41, 5.74) is 11.2. The van der Waals surface area contributed by atoms with Gasteiger partial charge in [-0.05, 0) is 46.9 Å². The molecule has 3 nitrogen and oxygen atoms in total. The Morgan fingerprint density at radius 1 is 1.14 bits per heavy atom. The van der Waals surface area contributed by atoms with E-state index in [1.807, 2.05) is 13.0 Å². The van der Waals surface area contributed by atoms with Gasteiger partial charge in [0.15, 0.2) is 5.78 Å². The lowest BCUT2D eigenvalue weighted by molar-refractivity contribution is -0.122. The summed E-state index contributed by atoms with van der Waals surface area (Å²) in [4.78, 5) is 25.2. The number of ketones is 2. The quantitative estimate of drug-likeness (QED) is 0.759. The molecule has 1 atom stereocenters. The first-order valence-electron chi connectivity index (χ1n) is 7.55. The van der Waals surface area contributed by atoms with Crippen LogP contribution in [0.4, 0.5) is 0 Å². The molecule has 3 heteroatoms. The lowest BCUT2D eigenvalue weighted by Crippen LogP contribution is -2.33. The van der Waals surface area contributed by atoms with E-state index in [0.717, 1.165) is 33.0 Å². The molecule has 0 bridgehead atoms. The fourth-order valence-corrected chi connectivity index (χ4v) is 4.00. The summed E-state index contributed by atoms with van der Waals surface area (Å²) >= 11 is 0. The number of carbonyl (C=O) groups is 2. The molecule has 4 rings (SSSR count). The van der Waals surface area contributed by atoms with Gasteiger partial charge in [0.25, 0.3) is 0 Å². The number of carbonyl (C=O) groups excluding carboxylic acids is 2. The minimum absolute atomic E-state index is 0.0127. The lowest BCUT2D eigenvalue weighted by atomic mass is 9.68. The third-order valence-corrected chi connectivity index (χ3v) is 4.99. The van der Waals surface area contributed by atoms with Gasteiger partial charge in [0.2, 0.25) is 0 Å². The standard InChI is InChI=1S/C19H17NO2/c1-9-3-4-11-5-6-12-7-14(21)16(10(2)20)19-15(22)8-13(9)17(11)18(12)19/h3-6,19H,7-8,20H2,1-2H3. The largest absolute Gasteiger partial charge is 0.402 e. The van der Waals surface area contributed by atoms with Gasteiger partial charge in [-0.1, -0.05) is 24.3 Å². The van der Waals surface area contributed by atoms with Crippen molar-refractivity contribution < 1.29 is 9.59 Å². The van der Waals surface area contributed by atoms with Crippen molar-refractivity contribution in [3.8, 4) is 0 Å². The van der Waals surface area contributed by atoms with Crippen LogP contribution in [0.5, 0.6) is 0 Å². The number of allylic oxidation sites excluding steroid dienone is 2. The van der Waals surface area contributed by atoms with Gasteiger partial charge in [-0.25, -0.2) is 0 Å². The first-order chi connectivity index (χ1) is 10.5. The molecule has 0 amide bonds. The molecule has 2 aromatic carbocycles. The third kappa shape index (κ3) is 1.56. The first-order valence-corrected chi connectivity index (χ1v) is 7.55. The molecule has 22 heavy (non-hydrogen) atoms. The predicted octanol–water partition coefficient (Wildman–Crippen LogP) is 2.71. The molecule has 2 N–H and O–H groups in total. The Hall–Kier alpha value is -2.42. The highest BCUT2D eigenvalue weighted by Crippen LogP contribution is 2.45. The van der Waals surface area contributed by atoms with Gasteiger partial charge >= 0.3 is 0 Å². The summed E-state index contributed by atoms with van der Waals surface area (Å²) in [5.74, 6) is -0.399. The second kappa shape index (κ2) is 4.29. The molecule has 0 heterocycles. The van der Waals surface area contributed by atoms with Crippen LogP contribution in [0.3, 0.4) is 0 Å². The minimum Gasteiger partial charge on any atom is -0.402 e. The highest BCUT2D eigenvalue weighted by atomic mass is 16.1. The number of nitrogens with two attached hydrogens (primary N) is 1. The zero-order valence-corrected chi connectivity index (χ0v) is 12.7. The molecule has 1 unspecified atom stereocenters. The van der Waals surface area contributed by atoms with Crippen molar-refractivity contribution in [2.45, 2.75) is 32.6 Å². The molecule has 0 saturated carbocycles. The summed E-state index contributed by atoms with van der Waals surface area (Å²) < 4.78 is 0. The second-order valence-electron chi connectivity index (χ2n) is 6.37. The first kappa shape index (κ1) is 13.3. The smallest absolute Gasteiger partial charge is 0.166 e. The van der Waals surface area contributed by atoms with E-state index in [4.69, 9.17) is 5.73 Å². The molecule has 110 valence electrons. The molecule has 2 aliphatic rings. The van der Waals surface area contributed by atoms with Gasteiger partial charge in [-0.15, -0.1) is 0 Å². The molecule has 0 spiro atoms. The van der Waals surface area contributed by atoms with E-state index in [1.54, 1.807) is 6.92 Å². The summed E-state index contributed by atoms with van der Waals surface area (Å²) in [6.07, 6.45) is 0.723. The number of hydrogen-bond acceptors (Lipinski definition) is 3. The molecule has 0 aromatic heterocycles. The van der Waals surface area contributed by atoms with Gasteiger partial charge in [0, 0.05) is 24.1 Å². The van der Waals surface area contributed by atoms with Gasteiger partial charge in [0.05, 0.1) is 5.92 Å². The predicted molar refractivity (Wildman–Crippen MR) is 85.7 cm³/mol. The van der Waals surface area contributed by atoms with E-state index >= 15 is 0 Å². The van der Waals surface area contributed by atoms with Crippen LogP contribution < -0.4 is 5.73 Å². The molecule has 0 aliphatic heterocycles. The van der Waals surface area contributed by atoms with E-state index in [0.29, 0.717) is 24.1 Å². The van der Waals surface area contributed by atoms with Crippen molar-refractivity contribution in [1.29, 1.82) is 0 Å². The van der Waals surface area contributed by atoms with Crippen molar-refractivity contribution >= 4 is 22.3 Å². The van der Waals surface area contributed by atoms with Crippen LogP contribution in [0.1, 0.15) is 35.1 Å². The summed E-state index contributed by atoms with van der Waals surface area (Å²) in [6.45, 7) is 3.76. The summed E-state index contributed by atoms with van der Waals surface area (Å²) in [5, 5.41) is 2.30. The summed E-state index contributed by atoms with van der Waals surface area (Å²) in [6, 6.07) is 8.21. The Labute approximate surface area is 128 Å². The van der Waals surface area contributed by atoms with E-state index in [-0.39, 0.29) is 11.6 Å². The summed E-state index contributed by atoms with van der Waals surface area (Å²) in [7, 11) is 0. The van der Waals surface area contributed by atoms with Crippen molar-refractivity contribution in [3.63, 3.8) is 0 Å². The van der Waals surface area contributed by atoms with Crippen molar-refractivity contribution in [3.05, 3.63) is 57.8 Å². The highest BCUT2D eigenvalue weighted by Gasteiger charge is 2.40. The normalized spacial score (nSPS) is 22.2. The van der Waals surface area contributed by atoms with Crippen LogP contribution in [0.15, 0.2) is 35.5 Å². The molecule has 0 radical (unpaired) electrons. The van der Waals surface area contributed by atoms with Crippen LogP contribution in [0.25, 0.3) is 10.8 Å². The lowest BCUT2D eigenvalue weighted by Gasteiger charge is -2.33. The Morgan fingerprint density at radius 3 is 2.59 bits per heavy atom. The van der Waals surface area contributed by atoms with Crippen molar-refractivity contribution in [2.24, 2.45) is 5.73 Å². The van der Waals surface area contributed by atoms with E-state index < -0.39 is 5.92 Å². The fourth-order valence-electron chi connectivity index (χ4n) is 4.00. The molecule has 2 aromatic rings. The van der Waals surface area contributed by atoms with Gasteiger partial charge in [-0.3, -0.25) is 9.59 Å². The third-order valence-electron chi connectivity index (χ3n) is 4.99. The SMILES string of the molecule is CC(N)=C1C(=O)Cc2ccc3ccc(C)c4c3c2C1C(=O)C4. The highest BCUT2D eigenvalue weighted by molar-refractivity contribution is 6.14. The van der Waals surface area contributed by atoms with Gasteiger partial charge in [-0.2, -0.15) is 0 Å². The number of rotatable bonds is 0. The maximum absolute atomic E-state index is 12.8. The molecular formula is C19H17NO2.